The number of aromatic nitrogens is 3. The van der Waals surface area contributed by atoms with Gasteiger partial charge < -0.3 is 14.4 Å². The Morgan fingerprint density at radius 1 is 1.15 bits per heavy atom. The van der Waals surface area contributed by atoms with Gasteiger partial charge in [0.1, 0.15) is 29.8 Å². The van der Waals surface area contributed by atoms with E-state index in [2.05, 4.69) is 20.9 Å². The first-order valence-corrected chi connectivity index (χ1v) is 15.3. The first kappa shape index (κ1) is 30.0. The molecule has 0 spiro atoms. The lowest BCUT2D eigenvalue weighted by atomic mass is 9.94. The Labute approximate surface area is 265 Å². The fraction of sp³-hybridized carbons (Fsp3) is 0.382. The first-order valence-electron chi connectivity index (χ1n) is 15.3. The number of hydrogen-bond donors (Lipinski definition) is 0. The van der Waals surface area contributed by atoms with Crippen molar-refractivity contribution in [2.45, 2.75) is 37.0 Å². The number of benzene rings is 2. The minimum absolute atomic E-state index is 0.0190. The quantitative estimate of drug-likeness (QED) is 0.189. The normalized spacial score (nSPS) is 25.5. The van der Waals surface area contributed by atoms with Crippen LogP contribution in [0.1, 0.15) is 24.8 Å². The molecule has 0 amide bonds. The predicted octanol–water partition coefficient (Wildman–Crippen LogP) is 6.18. The van der Waals surface area contributed by atoms with Crippen molar-refractivity contribution in [3.8, 4) is 29.6 Å². The van der Waals surface area contributed by atoms with E-state index in [1.165, 1.54) is 18.3 Å². The second-order valence-corrected chi connectivity index (χ2v) is 12.6. The maximum atomic E-state index is 16.7. The van der Waals surface area contributed by atoms with E-state index < -0.39 is 41.3 Å². The van der Waals surface area contributed by atoms with Crippen LogP contribution in [-0.4, -0.2) is 77.1 Å². The first-order chi connectivity index (χ1) is 22.7. The molecule has 3 aliphatic heterocycles. The van der Waals surface area contributed by atoms with E-state index in [-0.39, 0.29) is 101 Å². The van der Waals surface area contributed by atoms with Crippen molar-refractivity contribution in [2.75, 3.05) is 44.4 Å². The van der Waals surface area contributed by atoms with E-state index in [0.29, 0.717) is 13.0 Å². The number of halogens is 6. The summed E-state index contributed by atoms with van der Waals surface area (Å²) >= 11 is 0. The molecule has 4 aromatic rings. The van der Waals surface area contributed by atoms with Crippen LogP contribution in [0.2, 0.25) is 0 Å². The molecule has 2 aromatic carbocycles. The Bertz CT molecular complexity index is 2030. The molecule has 47 heavy (non-hydrogen) atoms. The van der Waals surface area contributed by atoms with Gasteiger partial charge in [0, 0.05) is 41.7 Å². The molecule has 4 aliphatic rings. The van der Waals surface area contributed by atoms with E-state index in [1.54, 1.807) is 11.0 Å². The highest BCUT2D eigenvalue weighted by atomic mass is 19.3. The van der Waals surface area contributed by atoms with E-state index in [1.807, 2.05) is 4.90 Å². The Morgan fingerprint density at radius 3 is 2.81 bits per heavy atom. The van der Waals surface area contributed by atoms with Crippen molar-refractivity contribution in [1.82, 2.24) is 19.9 Å². The van der Waals surface area contributed by atoms with Crippen molar-refractivity contribution in [3.63, 3.8) is 0 Å². The zero-order valence-corrected chi connectivity index (χ0v) is 24.9. The number of ether oxygens (including phenoxy) is 2. The number of alkyl halides is 1. The maximum absolute atomic E-state index is 16.7. The Kier molecular flexibility index (Phi) is 7.07. The van der Waals surface area contributed by atoms with Crippen molar-refractivity contribution in [2.24, 2.45) is 5.92 Å². The van der Waals surface area contributed by atoms with Crippen LogP contribution in [0, 0.1) is 35.7 Å². The molecule has 4 fully saturated rings. The van der Waals surface area contributed by atoms with Gasteiger partial charge in [-0.25, -0.2) is 17.6 Å². The van der Waals surface area contributed by atoms with Gasteiger partial charge in [0.15, 0.2) is 17.5 Å². The van der Waals surface area contributed by atoms with Gasteiger partial charge in [0.05, 0.1) is 35.7 Å². The molecule has 242 valence electrons. The fourth-order valence-corrected chi connectivity index (χ4v) is 7.58. The third-order valence-corrected chi connectivity index (χ3v) is 9.96. The molecule has 8 rings (SSSR count). The van der Waals surface area contributed by atoms with Crippen LogP contribution < -0.4 is 9.64 Å². The second-order valence-electron chi connectivity index (χ2n) is 12.6. The number of hydrogen-bond acceptors (Lipinski definition) is 7. The molecular weight excluding hydrogens is 624 g/mol. The van der Waals surface area contributed by atoms with Gasteiger partial charge in [0.25, 0.3) is 6.08 Å². The highest BCUT2D eigenvalue weighted by molar-refractivity contribution is 6.02. The van der Waals surface area contributed by atoms with Gasteiger partial charge in [-0.15, -0.1) is 6.42 Å². The number of terminal acetylenes is 1. The van der Waals surface area contributed by atoms with Crippen LogP contribution in [0.25, 0.3) is 32.9 Å². The van der Waals surface area contributed by atoms with E-state index in [0.717, 1.165) is 12.5 Å². The molecule has 1 aliphatic carbocycles. The summed E-state index contributed by atoms with van der Waals surface area (Å²) in [6, 6.07) is 4.78. The van der Waals surface area contributed by atoms with Crippen LogP contribution in [0.5, 0.6) is 6.01 Å². The van der Waals surface area contributed by atoms with Crippen molar-refractivity contribution >= 4 is 27.5 Å². The van der Waals surface area contributed by atoms with Crippen molar-refractivity contribution in [1.29, 1.82) is 0 Å². The summed E-state index contributed by atoms with van der Waals surface area (Å²) < 4.78 is 99.6. The van der Waals surface area contributed by atoms with E-state index in [4.69, 9.17) is 15.9 Å². The van der Waals surface area contributed by atoms with Gasteiger partial charge in [0.2, 0.25) is 0 Å². The monoisotopic (exact) mass is 651 g/mol. The van der Waals surface area contributed by atoms with Crippen LogP contribution in [-0.2, 0) is 4.74 Å². The van der Waals surface area contributed by atoms with Gasteiger partial charge in [-0.3, -0.25) is 9.88 Å². The lowest BCUT2D eigenvalue weighted by Crippen LogP contribution is -2.43. The molecule has 0 unspecified atom stereocenters. The van der Waals surface area contributed by atoms with E-state index >= 15 is 4.39 Å². The van der Waals surface area contributed by atoms with Gasteiger partial charge >= 0.3 is 6.01 Å². The summed E-state index contributed by atoms with van der Waals surface area (Å²) in [7, 11) is 0. The van der Waals surface area contributed by atoms with Crippen LogP contribution >= 0.6 is 0 Å². The standard InChI is InChI=1S/C34H27F6N5O2/c1-2-19-24-17(11-23(35)25(19)36)5-3-6-20(24)28-27(38)29-21(13-41-28)32(45-9-10-46-15-22-26(37)30(22)45)43-33(42-29)47-16-34-7-4-8-44(34)14-18(12-34)31(39)40/h1,3,5-6,11,13,22,26,30H,4,7-10,12,14-16H2/t22-,26-,30-,34+/m1/s1. The third-order valence-electron chi connectivity index (χ3n) is 9.96. The van der Waals surface area contributed by atoms with Crippen molar-refractivity contribution in [3.05, 3.63) is 65.1 Å². The second kappa shape index (κ2) is 11.1. The summed E-state index contributed by atoms with van der Waals surface area (Å²) in [6.07, 6.45) is 5.61. The Hall–Kier alpha value is -4.41. The number of rotatable bonds is 5. The summed E-state index contributed by atoms with van der Waals surface area (Å²) in [5, 5.41) is 0.525. The lowest BCUT2D eigenvalue weighted by molar-refractivity contribution is 0.108. The molecular formula is C34H27F6N5O2. The Balaban J connectivity index is 1.27. The molecule has 0 N–H and O–H groups in total. The molecule has 5 heterocycles. The number of anilines is 1. The zero-order chi connectivity index (χ0) is 32.6. The number of fused-ring (bicyclic) bond motifs is 4. The Morgan fingerprint density at radius 2 is 2.00 bits per heavy atom. The SMILES string of the molecule is C#Cc1c(F)c(F)cc2cccc(-c3ncc4c(N5CCOC[C@@H]6[C@@H](F)[C@@H]65)nc(OC[C@@]56CCCN5CC(=C(F)F)C6)nc4c3F)c12. The fourth-order valence-electron chi connectivity index (χ4n) is 7.58. The zero-order valence-electron chi connectivity index (χ0n) is 24.9. The summed E-state index contributed by atoms with van der Waals surface area (Å²) in [5.41, 5.74) is -1.31. The molecule has 13 heteroatoms. The molecule has 7 nitrogen and oxygen atoms in total. The van der Waals surface area contributed by atoms with Crippen molar-refractivity contribution < 1.29 is 35.8 Å². The van der Waals surface area contributed by atoms with Gasteiger partial charge in [-0.05, 0) is 37.3 Å². The molecule has 4 atom stereocenters. The van der Waals surface area contributed by atoms with Gasteiger partial charge in [-0.2, -0.15) is 18.7 Å². The molecule has 0 radical (unpaired) electrons. The molecule has 0 bridgehead atoms. The van der Waals surface area contributed by atoms with Crippen LogP contribution in [0.15, 0.2) is 42.1 Å². The third kappa shape index (κ3) is 4.71. The topological polar surface area (TPSA) is 63.6 Å². The summed E-state index contributed by atoms with van der Waals surface area (Å²) in [6.45, 7) is 1.54. The summed E-state index contributed by atoms with van der Waals surface area (Å²) in [4.78, 5) is 17.1. The minimum Gasteiger partial charge on any atom is -0.461 e. The molecule has 3 saturated heterocycles. The van der Waals surface area contributed by atoms with Gasteiger partial charge in [-0.1, -0.05) is 24.1 Å². The molecule has 2 aromatic heterocycles. The number of nitrogens with zero attached hydrogens (tertiary/aromatic N) is 5. The number of pyridine rings is 1. The lowest BCUT2D eigenvalue weighted by Gasteiger charge is -2.31. The average Bonchev–Trinajstić information content (AvgIpc) is 3.40. The minimum atomic E-state index is -1.70. The largest absolute Gasteiger partial charge is 0.461 e. The smallest absolute Gasteiger partial charge is 0.319 e. The molecule has 1 saturated carbocycles. The maximum Gasteiger partial charge on any atom is 0.319 e. The van der Waals surface area contributed by atoms with Crippen LogP contribution in [0.4, 0.5) is 32.2 Å². The van der Waals surface area contributed by atoms with Crippen LogP contribution in [0.3, 0.4) is 0 Å². The highest BCUT2D eigenvalue weighted by Crippen LogP contribution is 2.46. The predicted molar refractivity (Wildman–Crippen MR) is 161 cm³/mol. The highest BCUT2D eigenvalue weighted by Gasteiger charge is 2.56. The summed E-state index contributed by atoms with van der Waals surface area (Å²) in [5.74, 6) is -1.30. The van der Waals surface area contributed by atoms with E-state index in [9.17, 15) is 22.0 Å². The average molecular weight is 652 g/mol.